The third kappa shape index (κ3) is 5.11. The Kier molecular flexibility index (Phi) is 6.23. The van der Waals surface area contributed by atoms with Gasteiger partial charge < -0.3 is 15.4 Å². The number of thioether (sulfide) groups is 1. The zero-order valence-electron chi connectivity index (χ0n) is 12.2. The van der Waals surface area contributed by atoms with E-state index in [4.69, 9.17) is 10.5 Å². The van der Waals surface area contributed by atoms with E-state index in [2.05, 4.69) is 0 Å². The molecule has 114 valence electrons. The van der Waals surface area contributed by atoms with Crippen molar-refractivity contribution in [1.82, 2.24) is 4.90 Å². The van der Waals surface area contributed by atoms with Gasteiger partial charge in [-0.3, -0.25) is 9.59 Å². The molecule has 0 fully saturated rings. The minimum absolute atomic E-state index is 0.0614. The van der Waals surface area contributed by atoms with Gasteiger partial charge in [0, 0.05) is 19.0 Å². The fourth-order valence-corrected chi connectivity index (χ4v) is 2.33. The molecule has 0 radical (unpaired) electrons. The molecule has 21 heavy (non-hydrogen) atoms. The molecule has 1 rings (SSSR count). The third-order valence-electron chi connectivity index (χ3n) is 2.64. The number of esters is 1. The van der Waals surface area contributed by atoms with Crippen molar-refractivity contribution in [3.05, 3.63) is 29.8 Å². The standard InChI is InChI=1S/C14H18N2O4S/c1-9(13(15)18)20-14(19)10-6-4-5-7-11(10)21-8-12(17)16(2)3/h4-7,9H,8H2,1-3H3,(H2,15,18)/t9-/m1/s1. The highest BCUT2D eigenvalue weighted by Crippen LogP contribution is 2.23. The van der Waals surface area contributed by atoms with Crippen LogP contribution in [0.3, 0.4) is 0 Å². The van der Waals surface area contributed by atoms with Crippen LogP contribution in [0.15, 0.2) is 29.2 Å². The van der Waals surface area contributed by atoms with Crippen LogP contribution < -0.4 is 5.73 Å². The van der Waals surface area contributed by atoms with Crippen LogP contribution in [0.2, 0.25) is 0 Å². The first-order valence-corrected chi connectivity index (χ1v) is 7.23. The molecule has 1 aromatic carbocycles. The Morgan fingerprint density at radius 3 is 2.48 bits per heavy atom. The molecule has 0 saturated heterocycles. The second-order valence-corrected chi connectivity index (χ2v) is 5.54. The number of rotatable bonds is 6. The topological polar surface area (TPSA) is 89.7 Å². The molecule has 0 aliphatic carbocycles. The van der Waals surface area contributed by atoms with Gasteiger partial charge in [0.1, 0.15) is 0 Å². The summed E-state index contributed by atoms with van der Waals surface area (Å²) >= 11 is 1.24. The highest BCUT2D eigenvalue weighted by atomic mass is 32.2. The van der Waals surface area contributed by atoms with Gasteiger partial charge in [-0.05, 0) is 19.1 Å². The lowest BCUT2D eigenvalue weighted by molar-refractivity contribution is -0.126. The summed E-state index contributed by atoms with van der Waals surface area (Å²) in [6.45, 7) is 1.41. The van der Waals surface area contributed by atoms with Crippen molar-refractivity contribution in [1.29, 1.82) is 0 Å². The largest absolute Gasteiger partial charge is 0.449 e. The van der Waals surface area contributed by atoms with E-state index in [1.165, 1.54) is 23.6 Å². The minimum atomic E-state index is -1.00. The summed E-state index contributed by atoms with van der Waals surface area (Å²) < 4.78 is 4.97. The summed E-state index contributed by atoms with van der Waals surface area (Å²) in [4.78, 5) is 36.6. The van der Waals surface area contributed by atoms with Crippen molar-refractivity contribution < 1.29 is 19.1 Å². The van der Waals surface area contributed by atoms with E-state index < -0.39 is 18.0 Å². The number of benzene rings is 1. The number of hydrogen-bond donors (Lipinski definition) is 1. The van der Waals surface area contributed by atoms with Crippen LogP contribution in [0, 0.1) is 0 Å². The highest BCUT2D eigenvalue weighted by molar-refractivity contribution is 8.00. The lowest BCUT2D eigenvalue weighted by Crippen LogP contribution is -2.30. The number of nitrogens with zero attached hydrogens (tertiary/aromatic N) is 1. The Morgan fingerprint density at radius 1 is 1.29 bits per heavy atom. The number of ether oxygens (including phenoxy) is 1. The number of hydrogen-bond acceptors (Lipinski definition) is 5. The second kappa shape index (κ2) is 7.68. The van der Waals surface area contributed by atoms with E-state index in [1.807, 2.05) is 0 Å². The zero-order valence-corrected chi connectivity index (χ0v) is 13.0. The maximum atomic E-state index is 12.0. The van der Waals surface area contributed by atoms with Crippen molar-refractivity contribution in [2.45, 2.75) is 17.9 Å². The first-order chi connectivity index (χ1) is 9.82. The smallest absolute Gasteiger partial charge is 0.340 e. The molecule has 1 atom stereocenters. The fraction of sp³-hybridized carbons (Fsp3) is 0.357. The molecule has 1 aromatic rings. The monoisotopic (exact) mass is 310 g/mol. The SMILES string of the molecule is C[C@@H](OC(=O)c1ccccc1SCC(=O)N(C)C)C(N)=O. The van der Waals surface area contributed by atoms with Gasteiger partial charge in [-0.2, -0.15) is 0 Å². The van der Waals surface area contributed by atoms with Gasteiger partial charge in [0.25, 0.3) is 5.91 Å². The van der Waals surface area contributed by atoms with Gasteiger partial charge in [-0.15, -0.1) is 11.8 Å². The van der Waals surface area contributed by atoms with E-state index in [9.17, 15) is 14.4 Å². The lowest BCUT2D eigenvalue weighted by Gasteiger charge is -2.13. The summed E-state index contributed by atoms with van der Waals surface area (Å²) in [7, 11) is 3.33. The molecular weight excluding hydrogens is 292 g/mol. The van der Waals surface area contributed by atoms with E-state index >= 15 is 0 Å². The molecule has 0 saturated carbocycles. The molecule has 0 unspecified atom stereocenters. The summed E-state index contributed by atoms with van der Waals surface area (Å²) in [5, 5.41) is 0. The number of carbonyl (C=O) groups is 3. The molecule has 2 N–H and O–H groups in total. The van der Waals surface area contributed by atoms with Gasteiger partial charge >= 0.3 is 5.97 Å². The van der Waals surface area contributed by atoms with Gasteiger partial charge in [0.15, 0.2) is 6.10 Å². The Bertz CT molecular complexity index is 546. The number of primary amides is 1. The maximum Gasteiger partial charge on any atom is 0.340 e. The van der Waals surface area contributed by atoms with E-state index in [0.717, 1.165) is 0 Å². The zero-order chi connectivity index (χ0) is 16.0. The van der Waals surface area contributed by atoms with Crippen molar-refractivity contribution in [2.24, 2.45) is 5.73 Å². The number of nitrogens with two attached hydrogens (primary N) is 1. The maximum absolute atomic E-state index is 12.0. The average Bonchev–Trinajstić information content (AvgIpc) is 2.44. The van der Waals surface area contributed by atoms with Gasteiger partial charge in [0.05, 0.1) is 11.3 Å². The average molecular weight is 310 g/mol. The van der Waals surface area contributed by atoms with Crippen molar-refractivity contribution >= 4 is 29.5 Å². The van der Waals surface area contributed by atoms with Crippen LogP contribution in [-0.2, 0) is 14.3 Å². The molecule has 0 aliphatic rings. The van der Waals surface area contributed by atoms with Gasteiger partial charge in [-0.25, -0.2) is 4.79 Å². The van der Waals surface area contributed by atoms with E-state index in [1.54, 1.807) is 38.4 Å². The van der Waals surface area contributed by atoms with Crippen LogP contribution >= 0.6 is 11.8 Å². The lowest BCUT2D eigenvalue weighted by atomic mass is 10.2. The number of amides is 2. The van der Waals surface area contributed by atoms with Crippen molar-refractivity contribution in [3.8, 4) is 0 Å². The van der Waals surface area contributed by atoms with Crippen LogP contribution in [0.4, 0.5) is 0 Å². The third-order valence-corrected chi connectivity index (χ3v) is 3.70. The molecule has 6 nitrogen and oxygen atoms in total. The Morgan fingerprint density at radius 2 is 1.90 bits per heavy atom. The Balaban J connectivity index is 2.81. The molecule has 0 bridgehead atoms. The molecule has 0 spiro atoms. The van der Waals surface area contributed by atoms with E-state index in [0.29, 0.717) is 10.5 Å². The van der Waals surface area contributed by atoms with Crippen molar-refractivity contribution in [3.63, 3.8) is 0 Å². The molecule has 0 heterocycles. The normalized spacial score (nSPS) is 11.6. The molecule has 0 aliphatic heterocycles. The van der Waals surface area contributed by atoms with E-state index in [-0.39, 0.29) is 11.7 Å². The van der Waals surface area contributed by atoms with Gasteiger partial charge in [0.2, 0.25) is 5.91 Å². The second-order valence-electron chi connectivity index (χ2n) is 4.52. The Labute approximate surface area is 127 Å². The first-order valence-electron chi connectivity index (χ1n) is 6.25. The van der Waals surface area contributed by atoms with Crippen molar-refractivity contribution in [2.75, 3.05) is 19.8 Å². The highest BCUT2D eigenvalue weighted by Gasteiger charge is 2.19. The van der Waals surface area contributed by atoms with Crippen LogP contribution in [0.1, 0.15) is 17.3 Å². The molecule has 0 aromatic heterocycles. The van der Waals surface area contributed by atoms with Crippen LogP contribution in [-0.4, -0.2) is 48.6 Å². The first kappa shape index (κ1) is 17.0. The summed E-state index contributed by atoms with van der Waals surface area (Å²) in [5.74, 6) is -1.20. The number of carbonyl (C=O) groups excluding carboxylic acids is 3. The molecule has 2 amide bonds. The Hall–Kier alpha value is -2.02. The van der Waals surface area contributed by atoms with Gasteiger partial charge in [-0.1, -0.05) is 12.1 Å². The summed E-state index contributed by atoms with van der Waals surface area (Å²) in [6, 6.07) is 6.75. The molecule has 7 heteroatoms. The fourth-order valence-electron chi connectivity index (χ4n) is 1.31. The predicted molar refractivity (Wildman–Crippen MR) is 79.9 cm³/mol. The molecular formula is C14H18N2O4S. The summed E-state index contributed by atoms with van der Waals surface area (Å²) in [6.07, 6.45) is -1.00. The van der Waals surface area contributed by atoms with Crippen LogP contribution in [0.5, 0.6) is 0 Å². The van der Waals surface area contributed by atoms with Crippen LogP contribution in [0.25, 0.3) is 0 Å². The minimum Gasteiger partial charge on any atom is -0.449 e. The predicted octanol–water partition coefficient (Wildman–Crippen LogP) is 0.897. The summed E-state index contributed by atoms with van der Waals surface area (Å²) in [5.41, 5.74) is 5.37. The quantitative estimate of drug-likeness (QED) is 0.623.